The Morgan fingerprint density at radius 3 is 2.10 bits per heavy atom. The van der Waals surface area contributed by atoms with Crippen LogP contribution in [-0.2, 0) is 38.1 Å². The highest BCUT2D eigenvalue weighted by atomic mass is 16.6. The van der Waals surface area contributed by atoms with Gasteiger partial charge in [0.15, 0.2) is 23.6 Å². The fourth-order valence-electron chi connectivity index (χ4n) is 9.52. The topological polar surface area (TPSA) is 224 Å². The Hall–Kier alpha value is -4.67. The van der Waals surface area contributed by atoms with Gasteiger partial charge in [0.25, 0.3) is 0 Å². The number of Topliss-reactive ketones (excluding diaryl/α,β-unsaturated/α-hetero) is 1. The first-order valence-electron chi connectivity index (χ1n) is 19.3. The van der Waals surface area contributed by atoms with Gasteiger partial charge in [0.2, 0.25) is 0 Å². The lowest BCUT2D eigenvalue weighted by Crippen LogP contribution is -2.81. The Bertz CT molecular complexity index is 1980. The van der Waals surface area contributed by atoms with Crippen LogP contribution in [0.2, 0.25) is 0 Å². The van der Waals surface area contributed by atoms with Crippen molar-refractivity contribution in [3.05, 3.63) is 82.9 Å². The number of nitrogens with one attached hydrogen (secondary N) is 1. The molecule has 1 saturated heterocycles. The molecular weight excluding hydrogens is 754 g/mol. The highest BCUT2D eigenvalue weighted by molar-refractivity contribution is 5.94. The molecule has 1 amide bonds. The van der Waals surface area contributed by atoms with Gasteiger partial charge in [-0.15, -0.1) is 0 Å². The standard InChI is InChI=1S/C43H53NO14/c1-22-26(55-37(51)31(48)32(24-15-11-9-12-16-24)56-38(52)44-39(3,4)5)20-43(53)35(57-36(50)25-17-13-10-14-18-25)33-41(8,34(49)30(47)29(22)40(43,6)7)27(46)19-28-42(33,21-54-28)58-23(2)45/h9-18,26-28,30-33,35,46-48,53H,19-21H2,1-8H3,(H,44,52)/t26-,27-,28+,30+,31+,32-,33-,35-,41+,42-,43+/m0/s1. The van der Waals surface area contributed by atoms with E-state index in [2.05, 4.69) is 5.32 Å². The number of alkyl carbamates (subject to hydrolysis) is 1. The Balaban J connectivity index is 1.49. The first-order chi connectivity index (χ1) is 27.0. The maximum Gasteiger partial charge on any atom is 0.408 e. The molecule has 0 unspecified atom stereocenters. The van der Waals surface area contributed by atoms with E-state index in [1.54, 1.807) is 83.1 Å². The molecule has 2 saturated carbocycles. The zero-order valence-corrected chi connectivity index (χ0v) is 33.9. The monoisotopic (exact) mass is 807 g/mol. The van der Waals surface area contributed by atoms with Gasteiger partial charge in [0.05, 0.1) is 29.6 Å². The predicted molar refractivity (Wildman–Crippen MR) is 204 cm³/mol. The summed E-state index contributed by atoms with van der Waals surface area (Å²) in [5.74, 6) is -5.41. The summed E-state index contributed by atoms with van der Waals surface area (Å²) >= 11 is 0. The van der Waals surface area contributed by atoms with Crippen molar-refractivity contribution in [2.75, 3.05) is 6.61 Å². The third-order valence-electron chi connectivity index (χ3n) is 12.5. The highest BCUT2D eigenvalue weighted by Crippen LogP contribution is 2.64. The van der Waals surface area contributed by atoms with Crippen LogP contribution in [0.5, 0.6) is 0 Å². The van der Waals surface area contributed by atoms with E-state index in [4.69, 9.17) is 23.7 Å². The van der Waals surface area contributed by atoms with Gasteiger partial charge in [-0.2, -0.15) is 0 Å². The molecule has 2 aromatic carbocycles. The van der Waals surface area contributed by atoms with Crippen LogP contribution in [0.3, 0.4) is 0 Å². The Labute approximate surface area is 336 Å². The molecule has 3 aliphatic carbocycles. The summed E-state index contributed by atoms with van der Waals surface area (Å²) in [5.41, 5.74) is -8.05. The maximum atomic E-state index is 14.9. The Morgan fingerprint density at radius 2 is 1.55 bits per heavy atom. The van der Waals surface area contributed by atoms with Crippen LogP contribution in [0, 0.1) is 16.7 Å². The van der Waals surface area contributed by atoms with Crippen LogP contribution in [0.4, 0.5) is 4.79 Å². The third-order valence-corrected chi connectivity index (χ3v) is 12.5. The molecule has 58 heavy (non-hydrogen) atoms. The largest absolute Gasteiger partial charge is 0.456 e. The number of hydrogen-bond donors (Lipinski definition) is 5. The van der Waals surface area contributed by atoms with Gasteiger partial charge < -0.3 is 49.4 Å². The molecule has 1 aliphatic heterocycles. The minimum absolute atomic E-state index is 0.0693. The maximum absolute atomic E-state index is 14.9. The number of fused-ring (bicyclic) bond motifs is 5. The number of aliphatic hydroxyl groups excluding tert-OH is 3. The van der Waals surface area contributed by atoms with E-state index < -0.39 is 112 Å². The molecule has 2 bridgehead atoms. The van der Waals surface area contributed by atoms with Crippen LogP contribution in [0.1, 0.15) is 90.3 Å². The second-order valence-electron chi connectivity index (χ2n) is 17.7. The van der Waals surface area contributed by atoms with Crippen molar-refractivity contribution in [3.8, 4) is 0 Å². The van der Waals surface area contributed by atoms with Crippen LogP contribution < -0.4 is 5.32 Å². The molecule has 0 aromatic heterocycles. The number of ketones is 1. The summed E-state index contributed by atoms with van der Waals surface area (Å²) in [5, 5.41) is 51.6. The lowest BCUT2D eigenvalue weighted by Gasteiger charge is -2.67. The van der Waals surface area contributed by atoms with Gasteiger partial charge in [0.1, 0.15) is 30.0 Å². The number of aliphatic hydroxyl groups is 4. The number of benzene rings is 2. The minimum atomic E-state index is -2.36. The Morgan fingerprint density at radius 1 is 0.948 bits per heavy atom. The molecular formula is C43H53NO14. The summed E-state index contributed by atoms with van der Waals surface area (Å²) < 4.78 is 29.7. The summed E-state index contributed by atoms with van der Waals surface area (Å²) in [6.07, 6.45) is -13.1. The molecule has 314 valence electrons. The van der Waals surface area contributed by atoms with E-state index in [0.717, 1.165) is 6.92 Å². The molecule has 15 heteroatoms. The van der Waals surface area contributed by atoms with Gasteiger partial charge in [-0.1, -0.05) is 62.4 Å². The fourth-order valence-corrected chi connectivity index (χ4v) is 9.52. The Kier molecular flexibility index (Phi) is 11.2. The van der Waals surface area contributed by atoms with Gasteiger partial charge >= 0.3 is 24.0 Å². The van der Waals surface area contributed by atoms with Crippen LogP contribution in [0.15, 0.2) is 71.8 Å². The zero-order valence-electron chi connectivity index (χ0n) is 33.9. The average Bonchev–Trinajstić information content (AvgIpc) is 3.14. The van der Waals surface area contributed by atoms with Crippen molar-refractivity contribution in [3.63, 3.8) is 0 Å². The molecule has 1 heterocycles. The number of ether oxygens (including phenoxy) is 5. The number of amides is 1. The van der Waals surface area contributed by atoms with E-state index in [1.807, 2.05) is 0 Å². The van der Waals surface area contributed by atoms with E-state index in [9.17, 15) is 44.4 Å². The van der Waals surface area contributed by atoms with Gasteiger partial charge in [0, 0.05) is 30.7 Å². The summed E-state index contributed by atoms with van der Waals surface area (Å²) in [6.45, 7) is 12.0. The molecule has 5 N–H and O–H groups in total. The summed E-state index contributed by atoms with van der Waals surface area (Å²) in [6, 6.07) is 15.9. The molecule has 2 aromatic rings. The molecule has 4 aliphatic rings. The SMILES string of the molecule is CC(=O)O[C@@]12CO[C@@H]1C[C@H](O)[C@@]1(C)C(=O)[C@H](O)C3=C(C)[C@@H](OC(=O)[C@H](O)[C@@H](OC(=O)NC(C)(C)C)c4ccccc4)C[C@@](O)([C@@H](OC(=O)c4ccccc4)[C@H]21)C3(C)C. The number of hydrogen-bond acceptors (Lipinski definition) is 14. The lowest BCUT2D eigenvalue weighted by molar-refractivity contribution is -0.346. The summed E-state index contributed by atoms with van der Waals surface area (Å²) in [7, 11) is 0. The number of esters is 3. The number of carbonyl (C=O) groups excluding carboxylic acids is 5. The van der Waals surface area contributed by atoms with Crippen molar-refractivity contribution >= 4 is 29.8 Å². The van der Waals surface area contributed by atoms with Crippen molar-refractivity contribution < 1.29 is 68.1 Å². The first kappa shape index (κ1) is 42.9. The number of rotatable bonds is 8. The smallest absolute Gasteiger partial charge is 0.408 e. The van der Waals surface area contributed by atoms with E-state index in [-0.39, 0.29) is 35.3 Å². The van der Waals surface area contributed by atoms with Crippen molar-refractivity contribution in [1.29, 1.82) is 0 Å². The van der Waals surface area contributed by atoms with E-state index in [0.29, 0.717) is 0 Å². The van der Waals surface area contributed by atoms with E-state index in [1.165, 1.54) is 26.0 Å². The quantitative estimate of drug-likeness (QED) is 0.147. The molecule has 15 nitrogen and oxygen atoms in total. The van der Waals surface area contributed by atoms with Gasteiger partial charge in [-0.05, 0) is 63.5 Å². The van der Waals surface area contributed by atoms with Crippen LogP contribution >= 0.6 is 0 Å². The van der Waals surface area contributed by atoms with Crippen LogP contribution in [0.25, 0.3) is 0 Å². The normalized spacial score (nSPS) is 33.7. The van der Waals surface area contributed by atoms with Gasteiger partial charge in [-0.25, -0.2) is 14.4 Å². The lowest BCUT2D eigenvalue weighted by atomic mass is 9.44. The van der Waals surface area contributed by atoms with Crippen molar-refractivity contribution in [1.82, 2.24) is 5.32 Å². The molecule has 6 rings (SSSR count). The average molecular weight is 808 g/mol. The van der Waals surface area contributed by atoms with Crippen molar-refractivity contribution in [2.45, 2.75) is 128 Å². The number of carbonyl (C=O) groups is 5. The second-order valence-corrected chi connectivity index (χ2v) is 17.7. The molecule has 0 spiro atoms. The minimum Gasteiger partial charge on any atom is -0.456 e. The molecule has 11 atom stereocenters. The first-order valence-corrected chi connectivity index (χ1v) is 19.3. The van der Waals surface area contributed by atoms with Crippen LogP contribution in [-0.4, -0.2) is 110 Å². The highest BCUT2D eigenvalue weighted by Gasteiger charge is 2.78. The summed E-state index contributed by atoms with van der Waals surface area (Å²) in [4.78, 5) is 68.9. The molecule has 3 fully saturated rings. The molecule has 0 radical (unpaired) electrons. The zero-order chi connectivity index (χ0) is 42.7. The fraction of sp³-hybridized carbons (Fsp3) is 0.558. The third kappa shape index (κ3) is 7.10. The van der Waals surface area contributed by atoms with E-state index >= 15 is 0 Å². The van der Waals surface area contributed by atoms with Gasteiger partial charge in [-0.3, -0.25) is 9.59 Å². The second kappa shape index (κ2) is 15.2. The predicted octanol–water partition coefficient (Wildman–Crippen LogP) is 3.26. The van der Waals surface area contributed by atoms with Crippen molar-refractivity contribution in [2.24, 2.45) is 16.7 Å².